The van der Waals surface area contributed by atoms with Crippen LogP contribution in [-0.2, 0) is 4.79 Å². The lowest BCUT2D eigenvalue weighted by atomic mass is 9.78. The van der Waals surface area contributed by atoms with Gasteiger partial charge in [-0.15, -0.1) is 0 Å². The second kappa shape index (κ2) is 14.4. The molecule has 1 aliphatic heterocycles. The molecule has 0 spiro atoms. The monoisotopic (exact) mass is 690 g/mol. The number of hydrogen-bond donors (Lipinski definition) is 2. The molecular weight excluding hydrogens is 649 g/mol. The van der Waals surface area contributed by atoms with Crippen molar-refractivity contribution < 1.29 is 27.9 Å². The van der Waals surface area contributed by atoms with Crippen LogP contribution in [0.25, 0.3) is 28.0 Å². The lowest BCUT2D eigenvalue weighted by Gasteiger charge is -2.38. The number of hydrogen-bond acceptors (Lipinski definition) is 7. The molecule has 50 heavy (non-hydrogen) atoms. The minimum Gasteiger partial charge on any atom is -0.507 e. The molecule has 1 unspecified atom stereocenters. The van der Waals surface area contributed by atoms with E-state index in [1.54, 1.807) is 26.1 Å². The number of carbonyl (C=O) groups is 2. The quantitative estimate of drug-likeness (QED) is 0.220. The van der Waals surface area contributed by atoms with Crippen molar-refractivity contribution in [2.75, 3.05) is 40.3 Å². The number of fused-ring (bicyclic) bond motifs is 1. The van der Waals surface area contributed by atoms with Crippen molar-refractivity contribution in [1.82, 2.24) is 29.7 Å². The fourth-order valence-electron chi connectivity index (χ4n) is 6.74. The summed E-state index contributed by atoms with van der Waals surface area (Å²) in [5, 5.41) is 13.6. The summed E-state index contributed by atoms with van der Waals surface area (Å²) in [6.45, 7) is 11.3. The standard InChI is InChI=1S/C37H41F3N6O4/c1-19(2)31-33(20(3)11-13-41-31)46-34-24(17-26(40)32(43-34)29-25(39)9-8-10-27(29)47)28(30(37(46)50)35(48)42-14-16-44(6)7)23-12-15-45(18-21(23)4)36(49)22(5)38/h8-11,13,17,19,21,23,47H,5,12,14-16,18H2,1-4,6-7H3,(H,42,48)/t21-,23?/m0/s1. The van der Waals surface area contributed by atoms with Gasteiger partial charge in [0.15, 0.2) is 11.6 Å². The minimum absolute atomic E-state index is 0.0743. The van der Waals surface area contributed by atoms with Gasteiger partial charge in [0.05, 0.1) is 16.9 Å². The Balaban J connectivity index is 1.92. The highest BCUT2D eigenvalue weighted by atomic mass is 19.1. The number of amides is 2. The first-order valence-corrected chi connectivity index (χ1v) is 16.4. The number of nitrogens with one attached hydrogen (secondary N) is 1. The maximum atomic E-state index is 16.4. The highest BCUT2D eigenvalue weighted by Gasteiger charge is 2.37. The number of likely N-dealkylation sites (tertiary alicyclic amines) is 1. The van der Waals surface area contributed by atoms with Gasteiger partial charge in [0.2, 0.25) is 0 Å². The van der Waals surface area contributed by atoms with Crippen molar-refractivity contribution >= 4 is 22.8 Å². The molecule has 1 aromatic carbocycles. The van der Waals surface area contributed by atoms with E-state index in [-0.39, 0.29) is 54.1 Å². The lowest BCUT2D eigenvalue weighted by Crippen LogP contribution is -2.44. The van der Waals surface area contributed by atoms with Gasteiger partial charge in [0.1, 0.15) is 28.5 Å². The predicted molar refractivity (Wildman–Crippen MR) is 185 cm³/mol. The van der Waals surface area contributed by atoms with Gasteiger partial charge in [-0.25, -0.2) is 18.2 Å². The normalized spacial score (nSPS) is 16.3. The number of carbonyl (C=O) groups excluding carboxylic acids is 2. The fraction of sp³-hybridized carbons (Fsp3) is 0.378. The Bertz CT molecular complexity index is 2040. The van der Waals surface area contributed by atoms with Crippen LogP contribution in [-0.4, -0.2) is 81.5 Å². The van der Waals surface area contributed by atoms with E-state index in [4.69, 9.17) is 0 Å². The first kappa shape index (κ1) is 36.2. The zero-order chi connectivity index (χ0) is 36.6. The summed E-state index contributed by atoms with van der Waals surface area (Å²) in [5.41, 5.74) is -0.402. The highest BCUT2D eigenvalue weighted by molar-refractivity contribution is 6.01. The van der Waals surface area contributed by atoms with Crippen LogP contribution in [0.4, 0.5) is 13.2 Å². The molecule has 1 aliphatic rings. The SMILES string of the molecule is C=C(F)C(=O)N1CCC(c2c(C(=O)NCCN(C)C)c(=O)n(-c3c(C)ccnc3C(C)C)c3nc(-c4c(O)cccc4F)c(F)cc23)[C@@H](C)C1. The van der Waals surface area contributed by atoms with Gasteiger partial charge in [-0.05, 0) is 80.6 Å². The van der Waals surface area contributed by atoms with Crippen LogP contribution >= 0.6 is 0 Å². The Hall–Kier alpha value is -5.04. The summed E-state index contributed by atoms with van der Waals surface area (Å²) in [7, 11) is 3.67. The second-order valence-corrected chi connectivity index (χ2v) is 13.4. The van der Waals surface area contributed by atoms with Crippen molar-refractivity contribution in [1.29, 1.82) is 0 Å². The van der Waals surface area contributed by atoms with E-state index in [9.17, 15) is 19.1 Å². The van der Waals surface area contributed by atoms with Crippen molar-refractivity contribution in [2.24, 2.45) is 5.92 Å². The molecule has 1 fully saturated rings. The van der Waals surface area contributed by atoms with Gasteiger partial charge in [-0.1, -0.05) is 33.4 Å². The van der Waals surface area contributed by atoms with Gasteiger partial charge in [0, 0.05) is 37.8 Å². The first-order chi connectivity index (χ1) is 23.6. The topological polar surface area (TPSA) is 121 Å². The van der Waals surface area contributed by atoms with Gasteiger partial charge in [-0.3, -0.25) is 23.9 Å². The van der Waals surface area contributed by atoms with Gasteiger partial charge < -0.3 is 20.2 Å². The molecule has 2 N–H and O–H groups in total. The van der Waals surface area contributed by atoms with Gasteiger partial charge in [-0.2, -0.15) is 0 Å². The second-order valence-electron chi connectivity index (χ2n) is 13.4. The number of aryl methyl sites for hydroxylation is 1. The molecule has 4 heterocycles. The zero-order valence-electron chi connectivity index (χ0n) is 29.0. The van der Waals surface area contributed by atoms with Gasteiger partial charge >= 0.3 is 0 Å². The molecule has 2 amide bonds. The Morgan fingerprint density at radius 1 is 1.18 bits per heavy atom. The largest absolute Gasteiger partial charge is 0.507 e. The smallest absolute Gasteiger partial charge is 0.281 e. The highest BCUT2D eigenvalue weighted by Crippen LogP contribution is 2.41. The van der Waals surface area contributed by atoms with E-state index in [1.807, 2.05) is 32.8 Å². The number of aromatic nitrogens is 3. The molecule has 10 nitrogen and oxygen atoms in total. The van der Waals surface area contributed by atoms with Crippen LogP contribution in [0.3, 0.4) is 0 Å². The van der Waals surface area contributed by atoms with Crippen LogP contribution in [0.15, 0.2) is 53.7 Å². The van der Waals surface area contributed by atoms with E-state index in [1.165, 1.54) is 21.6 Å². The number of rotatable bonds is 9. The molecule has 1 saturated heterocycles. The van der Waals surface area contributed by atoms with Gasteiger partial charge in [0.25, 0.3) is 17.4 Å². The number of piperidine rings is 1. The number of phenolic OH excluding ortho intramolecular Hbond substituents is 1. The third kappa shape index (κ3) is 6.74. The Kier molecular flexibility index (Phi) is 10.5. The number of likely N-dealkylation sites (N-methyl/N-ethyl adjacent to an activating group) is 1. The average molecular weight is 691 g/mol. The summed E-state index contributed by atoms with van der Waals surface area (Å²) in [6, 6.07) is 6.34. The molecule has 0 radical (unpaired) electrons. The number of aromatic hydroxyl groups is 1. The number of pyridine rings is 3. The van der Waals surface area contributed by atoms with E-state index < -0.39 is 63.7 Å². The summed E-state index contributed by atoms with van der Waals surface area (Å²) < 4.78 is 46.7. The van der Waals surface area contributed by atoms with Crippen molar-refractivity contribution in [3.63, 3.8) is 0 Å². The number of phenols is 1. The number of benzene rings is 1. The van der Waals surface area contributed by atoms with E-state index >= 15 is 13.6 Å². The number of halogens is 3. The average Bonchev–Trinajstić information content (AvgIpc) is 3.04. The zero-order valence-corrected chi connectivity index (χ0v) is 29.0. The molecule has 0 aliphatic carbocycles. The van der Waals surface area contributed by atoms with E-state index in [0.29, 0.717) is 23.5 Å². The van der Waals surface area contributed by atoms with Crippen LogP contribution in [0.1, 0.15) is 66.2 Å². The lowest BCUT2D eigenvalue weighted by molar-refractivity contribution is -0.130. The third-order valence-corrected chi connectivity index (χ3v) is 9.16. The van der Waals surface area contributed by atoms with Crippen LogP contribution in [0.2, 0.25) is 0 Å². The molecule has 0 saturated carbocycles. The maximum Gasteiger partial charge on any atom is 0.281 e. The Morgan fingerprint density at radius 3 is 2.52 bits per heavy atom. The summed E-state index contributed by atoms with van der Waals surface area (Å²) in [4.78, 5) is 54.0. The third-order valence-electron chi connectivity index (χ3n) is 9.16. The fourth-order valence-corrected chi connectivity index (χ4v) is 6.74. The number of nitrogens with zero attached hydrogens (tertiary/aromatic N) is 5. The Morgan fingerprint density at radius 2 is 1.90 bits per heavy atom. The molecule has 5 rings (SSSR count). The summed E-state index contributed by atoms with van der Waals surface area (Å²) in [5.74, 6) is -6.33. The van der Waals surface area contributed by atoms with Crippen molar-refractivity contribution in [2.45, 2.75) is 46.0 Å². The van der Waals surface area contributed by atoms with Crippen LogP contribution in [0, 0.1) is 24.5 Å². The molecule has 4 aromatic rings. The van der Waals surface area contributed by atoms with Crippen LogP contribution < -0.4 is 10.9 Å². The minimum atomic E-state index is -1.10. The Labute approximate surface area is 288 Å². The predicted octanol–water partition coefficient (Wildman–Crippen LogP) is 5.59. The first-order valence-electron chi connectivity index (χ1n) is 16.4. The summed E-state index contributed by atoms with van der Waals surface area (Å²) >= 11 is 0. The van der Waals surface area contributed by atoms with Crippen molar-refractivity contribution in [3.05, 3.63) is 93.3 Å². The molecule has 264 valence electrons. The molecular formula is C37H41F3N6O4. The van der Waals surface area contributed by atoms with Crippen molar-refractivity contribution in [3.8, 4) is 22.7 Å². The summed E-state index contributed by atoms with van der Waals surface area (Å²) in [6.07, 6.45) is 1.81. The maximum absolute atomic E-state index is 16.4. The molecule has 0 bridgehead atoms. The molecule has 13 heteroatoms. The van der Waals surface area contributed by atoms with Crippen LogP contribution in [0.5, 0.6) is 5.75 Å². The van der Waals surface area contributed by atoms with E-state index in [0.717, 1.165) is 12.1 Å². The molecule has 3 aromatic heterocycles. The van der Waals surface area contributed by atoms with E-state index in [2.05, 4.69) is 21.9 Å². The molecule has 2 atom stereocenters.